The Morgan fingerprint density at radius 2 is 2.11 bits per heavy atom. The highest BCUT2D eigenvalue weighted by molar-refractivity contribution is 9.10. The van der Waals surface area contributed by atoms with Gasteiger partial charge in [-0.2, -0.15) is 0 Å². The standard InChI is InChI=1S/C13H18BrFN2O/c1-4-17-13(2,3)12(18)16-8-9-7-10(15)5-6-11(9)14/h5-7,17H,4,8H2,1-3H3,(H,16,18). The number of hydrogen-bond donors (Lipinski definition) is 2. The summed E-state index contributed by atoms with van der Waals surface area (Å²) in [4.78, 5) is 11.9. The molecule has 2 N–H and O–H groups in total. The largest absolute Gasteiger partial charge is 0.350 e. The number of hydrogen-bond acceptors (Lipinski definition) is 2. The molecular formula is C13H18BrFN2O. The Morgan fingerprint density at radius 1 is 1.44 bits per heavy atom. The molecule has 0 saturated carbocycles. The Balaban J connectivity index is 2.65. The monoisotopic (exact) mass is 316 g/mol. The number of benzene rings is 1. The van der Waals surface area contributed by atoms with Gasteiger partial charge < -0.3 is 10.6 Å². The van der Waals surface area contributed by atoms with Crippen molar-refractivity contribution in [2.24, 2.45) is 0 Å². The van der Waals surface area contributed by atoms with E-state index in [2.05, 4.69) is 26.6 Å². The van der Waals surface area contributed by atoms with E-state index in [1.165, 1.54) is 12.1 Å². The van der Waals surface area contributed by atoms with Crippen molar-refractivity contribution in [1.82, 2.24) is 10.6 Å². The van der Waals surface area contributed by atoms with Gasteiger partial charge in [0, 0.05) is 11.0 Å². The van der Waals surface area contributed by atoms with Crippen LogP contribution in [0.3, 0.4) is 0 Å². The zero-order valence-electron chi connectivity index (χ0n) is 10.8. The molecule has 5 heteroatoms. The van der Waals surface area contributed by atoms with E-state index in [1.54, 1.807) is 6.07 Å². The van der Waals surface area contributed by atoms with Gasteiger partial charge in [-0.15, -0.1) is 0 Å². The third-order valence-corrected chi connectivity index (χ3v) is 3.41. The molecule has 0 unspecified atom stereocenters. The summed E-state index contributed by atoms with van der Waals surface area (Å²) in [5.41, 5.74) is 0.0878. The van der Waals surface area contributed by atoms with Gasteiger partial charge in [0.05, 0.1) is 5.54 Å². The van der Waals surface area contributed by atoms with Crippen LogP contribution in [-0.2, 0) is 11.3 Å². The summed E-state index contributed by atoms with van der Waals surface area (Å²) in [7, 11) is 0. The van der Waals surface area contributed by atoms with Crippen LogP contribution in [0.25, 0.3) is 0 Å². The maximum absolute atomic E-state index is 13.1. The molecule has 0 saturated heterocycles. The molecule has 0 spiro atoms. The lowest BCUT2D eigenvalue weighted by Crippen LogP contribution is -2.52. The predicted octanol–water partition coefficient (Wildman–Crippen LogP) is 2.59. The molecular weight excluding hydrogens is 299 g/mol. The number of amides is 1. The molecule has 0 aliphatic heterocycles. The molecule has 1 aromatic rings. The molecule has 3 nitrogen and oxygen atoms in total. The number of carbonyl (C=O) groups excluding carboxylic acids is 1. The van der Waals surface area contributed by atoms with Crippen molar-refractivity contribution in [2.75, 3.05) is 6.54 Å². The lowest BCUT2D eigenvalue weighted by Gasteiger charge is -2.24. The van der Waals surface area contributed by atoms with Gasteiger partial charge in [0.25, 0.3) is 0 Å². The number of nitrogens with one attached hydrogen (secondary N) is 2. The number of likely N-dealkylation sites (N-methyl/N-ethyl adjacent to an activating group) is 1. The maximum atomic E-state index is 13.1. The summed E-state index contributed by atoms with van der Waals surface area (Å²) in [6.07, 6.45) is 0. The lowest BCUT2D eigenvalue weighted by atomic mass is 10.0. The van der Waals surface area contributed by atoms with Gasteiger partial charge in [0.1, 0.15) is 5.82 Å². The van der Waals surface area contributed by atoms with Crippen molar-refractivity contribution in [3.8, 4) is 0 Å². The Kier molecular flexibility index (Phi) is 5.28. The first-order valence-electron chi connectivity index (χ1n) is 5.84. The van der Waals surface area contributed by atoms with Gasteiger partial charge in [-0.05, 0) is 44.2 Å². The molecule has 0 bridgehead atoms. The van der Waals surface area contributed by atoms with Crippen LogP contribution < -0.4 is 10.6 Å². The third-order valence-electron chi connectivity index (χ3n) is 2.63. The fourth-order valence-corrected chi connectivity index (χ4v) is 1.98. The second kappa shape index (κ2) is 6.29. The summed E-state index contributed by atoms with van der Waals surface area (Å²) in [6.45, 7) is 6.58. The highest BCUT2D eigenvalue weighted by Crippen LogP contribution is 2.17. The van der Waals surface area contributed by atoms with Gasteiger partial charge in [0.2, 0.25) is 5.91 Å². The van der Waals surface area contributed by atoms with E-state index in [0.29, 0.717) is 13.1 Å². The average molecular weight is 317 g/mol. The smallest absolute Gasteiger partial charge is 0.239 e. The van der Waals surface area contributed by atoms with Gasteiger partial charge in [0.15, 0.2) is 0 Å². The summed E-state index contributed by atoms with van der Waals surface area (Å²) in [5.74, 6) is -0.422. The molecule has 0 aromatic heterocycles. The summed E-state index contributed by atoms with van der Waals surface area (Å²) < 4.78 is 13.9. The molecule has 0 aliphatic rings. The molecule has 1 rings (SSSR count). The molecule has 0 aliphatic carbocycles. The minimum absolute atomic E-state index is 0.111. The van der Waals surface area contributed by atoms with E-state index in [1.807, 2.05) is 20.8 Å². The van der Waals surface area contributed by atoms with Crippen LogP contribution in [0.5, 0.6) is 0 Å². The van der Waals surface area contributed by atoms with Crippen molar-refractivity contribution in [1.29, 1.82) is 0 Å². The molecule has 100 valence electrons. The minimum atomic E-state index is -0.630. The molecule has 1 amide bonds. The third kappa shape index (κ3) is 4.07. The summed E-state index contributed by atoms with van der Waals surface area (Å²) in [6, 6.07) is 4.41. The van der Waals surface area contributed by atoms with Crippen molar-refractivity contribution in [3.63, 3.8) is 0 Å². The molecule has 18 heavy (non-hydrogen) atoms. The Morgan fingerprint density at radius 3 is 2.72 bits per heavy atom. The number of carbonyl (C=O) groups is 1. The second-order valence-electron chi connectivity index (χ2n) is 4.57. The van der Waals surface area contributed by atoms with Crippen molar-refractivity contribution in [2.45, 2.75) is 32.9 Å². The van der Waals surface area contributed by atoms with E-state index < -0.39 is 5.54 Å². The molecule has 1 aromatic carbocycles. The Bertz CT molecular complexity index is 435. The lowest BCUT2D eigenvalue weighted by molar-refractivity contribution is -0.126. The van der Waals surface area contributed by atoms with Gasteiger partial charge in [-0.25, -0.2) is 4.39 Å². The van der Waals surface area contributed by atoms with Crippen LogP contribution in [0, 0.1) is 5.82 Å². The molecule has 0 radical (unpaired) electrons. The van der Waals surface area contributed by atoms with Gasteiger partial charge in [-0.3, -0.25) is 4.79 Å². The van der Waals surface area contributed by atoms with Crippen molar-refractivity contribution >= 4 is 21.8 Å². The Labute approximate surface area is 115 Å². The van der Waals surface area contributed by atoms with E-state index >= 15 is 0 Å². The fourth-order valence-electron chi connectivity index (χ4n) is 1.60. The van der Waals surface area contributed by atoms with Gasteiger partial charge >= 0.3 is 0 Å². The molecule has 0 fully saturated rings. The minimum Gasteiger partial charge on any atom is -0.350 e. The van der Waals surface area contributed by atoms with E-state index in [9.17, 15) is 9.18 Å². The van der Waals surface area contributed by atoms with Gasteiger partial charge in [-0.1, -0.05) is 22.9 Å². The first-order valence-corrected chi connectivity index (χ1v) is 6.63. The number of halogens is 2. The van der Waals surface area contributed by atoms with Crippen LogP contribution in [0.15, 0.2) is 22.7 Å². The van der Waals surface area contributed by atoms with Crippen LogP contribution in [0.4, 0.5) is 4.39 Å². The predicted molar refractivity (Wildman–Crippen MR) is 73.7 cm³/mol. The molecule has 0 heterocycles. The normalized spacial score (nSPS) is 11.4. The topological polar surface area (TPSA) is 41.1 Å². The highest BCUT2D eigenvalue weighted by Gasteiger charge is 2.25. The quantitative estimate of drug-likeness (QED) is 0.876. The second-order valence-corrected chi connectivity index (χ2v) is 5.43. The van der Waals surface area contributed by atoms with E-state index in [0.717, 1.165) is 10.0 Å². The molecule has 0 atom stereocenters. The summed E-state index contributed by atoms with van der Waals surface area (Å²) in [5, 5.41) is 5.88. The van der Waals surface area contributed by atoms with Crippen LogP contribution in [-0.4, -0.2) is 18.0 Å². The van der Waals surface area contributed by atoms with Crippen molar-refractivity contribution in [3.05, 3.63) is 34.1 Å². The van der Waals surface area contributed by atoms with Crippen molar-refractivity contribution < 1.29 is 9.18 Å². The SMILES string of the molecule is CCNC(C)(C)C(=O)NCc1cc(F)ccc1Br. The Hall–Kier alpha value is -0.940. The van der Waals surface area contributed by atoms with Crippen LogP contribution in [0.1, 0.15) is 26.3 Å². The van der Waals surface area contributed by atoms with Crippen LogP contribution in [0.2, 0.25) is 0 Å². The zero-order chi connectivity index (χ0) is 13.8. The average Bonchev–Trinajstić information content (AvgIpc) is 2.29. The first kappa shape index (κ1) is 15.1. The van der Waals surface area contributed by atoms with Crippen LogP contribution >= 0.6 is 15.9 Å². The number of rotatable bonds is 5. The zero-order valence-corrected chi connectivity index (χ0v) is 12.4. The fraction of sp³-hybridized carbons (Fsp3) is 0.462. The highest BCUT2D eigenvalue weighted by atomic mass is 79.9. The summed E-state index contributed by atoms with van der Waals surface area (Å²) >= 11 is 3.33. The van der Waals surface area contributed by atoms with E-state index in [4.69, 9.17) is 0 Å². The first-order chi connectivity index (χ1) is 8.36. The van der Waals surface area contributed by atoms with E-state index in [-0.39, 0.29) is 11.7 Å². The maximum Gasteiger partial charge on any atom is 0.239 e.